The van der Waals surface area contributed by atoms with Crippen molar-refractivity contribution in [1.29, 1.82) is 0 Å². The molecule has 8 unspecified atom stereocenters. The maximum Gasteiger partial charge on any atom is 0.318 e. The summed E-state index contributed by atoms with van der Waals surface area (Å²) in [6.07, 6.45) is 10.9. The number of fused-ring (bicyclic) bond motifs is 4. The van der Waals surface area contributed by atoms with Gasteiger partial charge in [-0.1, -0.05) is 35.5 Å². The maximum absolute atomic E-state index is 13.5. The Labute approximate surface area is 205 Å². The fourth-order valence-corrected chi connectivity index (χ4v) is 7.16. The number of carbonyl (C=O) groups excluding carboxylic acids is 2. The molecule has 2 saturated carbocycles. The van der Waals surface area contributed by atoms with Crippen LogP contribution in [0, 0.1) is 46.3 Å². The molecule has 2 N–H and O–H groups in total. The van der Waals surface area contributed by atoms with Gasteiger partial charge in [0.15, 0.2) is 0 Å². The van der Waals surface area contributed by atoms with E-state index in [1.165, 1.54) is 0 Å². The molecular weight excluding hydrogens is 448 g/mol. The van der Waals surface area contributed by atoms with Crippen LogP contribution in [0.1, 0.15) is 52.4 Å². The molecule has 8 atom stereocenters. The fraction of sp³-hybridized carbons (Fsp3) is 0.571. The second kappa shape index (κ2) is 8.92. The number of hydrogen-bond acceptors (Lipinski definition) is 5. The van der Waals surface area contributed by atoms with Crippen molar-refractivity contribution in [1.82, 2.24) is 0 Å². The predicted molar refractivity (Wildman–Crippen MR) is 128 cm³/mol. The Morgan fingerprint density at radius 3 is 1.49 bits per heavy atom. The number of esters is 2. The predicted octanol–water partition coefficient (Wildman–Crippen LogP) is 4.56. The highest BCUT2D eigenvalue weighted by atomic mass is 16.6. The molecule has 0 spiro atoms. The van der Waals surface area contributed by atoms with Gasteiger partial charge in [-0.2, -0.15) is 0 Å². The van der Waals surface area contributed by atoms with Crippen molar-refractivity contribution in [2.75, 3.05) is 0 Å². The molecule has 7 nitrogen and oxygen atoms in total. The quantitative estimate of drug-likeness (QED) is 0.266. The molecule has 35 heavy (non-hydrogen) atoms. The third-order valence-corrected chi connectivity index (χ3v) is 8.78. The van der Waals surface area contributed by atoms with Crippen LogP contribution in [-0.4, -0.2) is 34.1 Å². The van der Waals surface area contributed by atoms with Gasteiger partial charge in [-0.3, -0.25) is 19.2 Å². The number of carboxylic acids is 2. The summed E-state index contributed by atoms with van der Waals surface area (Å²) in [6.45, 7) is 11.6. The lowest BCUT2D eigenvalue weighted by atomic mass is 9.70. The van der Waals surface area contributed by atoms with Gasteiger partial charge in [0.25, 0.3) is 0 Å². The molecule has 4 bridgehead atoms. The largest absolute Gasteiger partial charge is 0.481 e. The van der Waals surface area contributed by atoms with Crippen LogP contribution in [0.5, 0.6) is 0 Å². The van der Waals surface area contributed by atoms with Crippen LogP contribution in [0.2, 0.25) is 0 Å². The van der Waals surface area contributed by atoms with Crippen LogP contribution in [0.4, 0.5) is 0 Å². The molecule has 2 fully saturated rings. The Kier molecular flexibility index (Phi) is 6.41. The minimum atomic E-state index is -1.09. The van der Waals surface area contributed by atoms with Gasteiger partial charge in [-0.15, -0.1) is 13.2 Å². The van der Waals surface area contributed by atoms with E-state index in [1.807, 2.05) is 38.2 Å². The third-order valence-electron chi connectivity index (χ3n) is 8.78. The molecule has 4 aliphatic rings. The molecule has 4 rings (SSSR count). The van der Waals surface area contributed by atoms with Gasteiger partial charge in [0.1, 0.15) is 0 Å². The van der Waals surface area contributed by atoms with E-state index >= 15 is 0 Å². The summed E-state index contributed by atoms with van der Waals surface area (Å²) in [6, 6.07) is 0. The van der Waals surface area contributed by atoms with E-state index in [9.17, 15) is 29.4 Å². The first kappa shape index (κ1) is 25.1. The lowest BCUT2D eigenvalue weighted by molar-refractivity contribution is -0.175. The van der Waals surface area contributed by atoms with Crippen molar-refractivity contribution in [3.63, 3.8) is 0 Å². The molecular formula is C28H34O7. The molecule has 0 aromatic heterocycles. The van der Waals surface area contributed by atoms with Crippen LogP contribution in [0.15, 0.2) is 48.6 Å². The van der Waals surface area contributed by atoms with Crippen LogP contribution >= 0.6 is 0 Å². The summed E-state index contributed by atoms with van der Waals surface area (Å²) >= 11 is 0. The second-order valence-electron chi connectivity index (χ2n) is 11.3. The van der Waals surface area contributed by atoms with E-state index in [-0.39, 0.29) is 11.8 Å². The molecule has 0 aromatic carbocycles. The van der Waals surface area contributed by atoms with Gasteiger partial charge in [-0.05, 0) is 64.2 Å². The summed E-state index contributed by atoms with van der Waals surface area (Å²) in [5.41, 5.74) is 0.441. The zero-order chi connectivity index (χ0) is 25.7. The smallest absolute Gasteiger partial charge is 0.318 e. The van der Waals surface area contributed by atoms with Gasteiger partial charge in [0.2, 0.25) is 0 Å². The number of rotatable bonds is 10. The first-order chi connectivity index (χ1) is 16.4. The number of aliphatic carboxylic acids is 2. The first-order valence-corrected chi connectivity index (χ1v) is 12.3. The molecule has 0 heterocycles. The Bertz CT molecular complexity index is 970. The third kappa shape index (κ3) is 4.19. The molecule has 7 heteroatoms. The zero-order valence-electron chi connectivity index (χ0n) is 20.4. The summed E-state index contributed by atoms with van der Waals surface area (Å²) in [7, 11) is 0. The van der Waals surface area contributed by atoms with Gasteiger partial charge >= 0.3 is 23.9 Å². The van der Waals surface area contributed by atoms with Crippen LogP contribution < -0.4 is 0 Å². The lowest BCUT2D eigenvalue weighted by Gasteiger charge is -2.35. The molecule has 0 amide bonds. The maximum atomic E-state index is 13.5. The summed E-state index contributed by atoms with van der Waals surface area (Å²) < 4.78 is 5.43. The normalized spacial score (nSPS) is 38.0. The minimum Gasteiger partial charge on any atom is -0.481 e. The van der Waals surface area contributed by atoms with Gasteiger partial charge in [0, 0.05) is 10.8 Å². The van der Waals surface area contributed by atoms with Crippen molar-refractivity contribution in [3.05, 3.63) is 48.6 Å². The summed E-state index contributed by atoms with van der Waals surface area (Å²) in [4.78, 5) is 51.2. The monoisotopic (exact) mass is 482 g/mol. The number of hydrogen-bond donors (Lipinski definition) is 2. The van der Waals surface area contributed by atoms with Crippen molar-refractivity contribution >= 4 is 23.9 Å². The Balaban J connectivity index is 1.60. The van der Waals surface area contributed by atoms with Crippen LogP contribution in [-0.2, 0) is 23.9 Å². The molecule has 0 aromatic rings. The highest BCUT2D eigenvalue weighted by Gasteiger charge is 2.63. The van der Waals surface area contributed by atoms with E-state index in [2.05, 4.69) is 13.2 Å². The van der Waals surface area contributed by atoms with E-state index in [0.717, 1.165) is 11.1 Å². The minimum absolute atomic E-state index is 0.302. The standard InChI is InChI=1S/C28H34O7/c1-15(2)5-9-27-11-7-17(13-27)19(23(29)30)21(27)25(33)35-26(34)22-20(24(31)32)18-8-12-28(22,14-18)10-6-16(3)4/h7-8,11-12,17-22H,1,3,5-6,9-10,13-14H2,2,4H3,(H,29,30)(H,31,32). The Morgan fingerprint density at radius 1 is 0.800 bits per heavy atom. The van der Waals surface area contributed by atoms with Crippen LogP contribution in [0.25, 0.3) is 0 Å². The SMILES string of the molecule is C=C(C)CCC12C=CC(C1)C(C(=O)O)C2C(=O)OC(=O)C1C(C(=O)O)C2C=CC1(CCC(=C)C)C2. The zero-order valence-corrected chi connectivity index (χ0v) is 20.4. The lowest BCUT2D eigenvalue weighted by Crippen LogP contribution is -2.44. The van der Waals surface area contributed by atoms with Gasteiger partial charge in [0.05, 0.1) is 23.7 Å². The average Bonchev–Trinajstić information content (AvgIpc) is 3.52. The van der Waals surface area contributed by atoms with Crippen molar-refractivity contribution in [3.8, 4) is 0 Å². The van der Waals surface area contributed by atoms with Crippen molar-refractivity contribution in [2.45, 2.75) is 52.4 Å². The molecule has 0 radical (unpaired) electrons. The Hall–Kier alpha value is -2.96. The Morgan fingerprint density at radius 2 is 1.17 bits per heavy atom. The van der Waals surface area contributed by atoms with E-state index < -0.39 is 58.4 Å². The molecule has 0 saturated heterocycles. The van der Waals surface area contributed by atoms with Crippen molar-refractivity contribution < 1.29 is 34.1 Å². The van der Waals surface area contributed by atoms with E-state index in [0.29, 0.717) is 38.5 Å². The molecule has 4 aliphatic carbocycles. The van der Waals surface area contributed by atoms with E-state index in [1.54, 1.807) is 0 Å². The second-order valence-corrected chi connectivity index (χ2v) is 11.3. The topological polar surface area (TPSA) is 118 Å². The van der Waals surface area contributed by atoms with Crippen molar-refractivity contribution in [2.24, 2.45) is 46.3 Å². The number of allylic oxidation sites excluding steroid dienone is 6. The molecule has 188 valence electrons. The van der Waals surface area contributed by atoms with Crippen LogP contribution in [0.3, 0.4) is 0 Å². The van der Waals surface area contributed by atoms with Gasteiger partial charge < -0.3 is 14.9 Å². The highest BCUT2D eigenvalue weighted by Crippen LogP contribution is 2.61. The first-order valence-electron chi connectivity index (χ1n) is 12.3. The van der Waals surface area contributed by atoms with E-state index in [4.69, 9.17) is 4.74 Å². The fourth-order valence-electron chi connectivity index (χ4n) is 7.16. The highest BCUT2D eigenvalue weighted by molar-refractivity contribution is 5.94. The molecule has 0 aliphatic heterocycles. The number of carbonyl (C=O) groups is 4. The average molecular weight is 483 g/mol. The number of ether oxygens (including phenoxy) is 1. The number of carboxylic acid groups (broad SMARTS) is 2. The van der Waals surface area contributed by atoms with Gasteiger partial charge in [-0.25, -0.2) is 0 Å². The summed E-state index contributed by atoms with van der Waals surface area (Å²) in [5, 5.41) is 19.8. The summed E-state index contributed by atoms with van der Waals surface area (Å²) in [5.74, 6) is -8.44.